The molecule has 0 saturated carbocycles. The first-order valence-corrected chi connectivity index (χ1v) is 6.27. The topological polar surface area (TPSA) is 39.9 Å². The Morgan fingerprint density at radius 2 is 2.06 bits per heavy atom. The van der Waals surface area contributed by atoms with Crippen LogP contribution < -0.4 is 0 Å². The molecule has 0 fully saturated rings. The Labute approximate surface area is 108 Å². The maximum absolute atomic E-state index is 8.63. The van der Waals surface area contributed by atoms with E-state index >= 15 is 0 Å². The molecule has 3 heteroatoms. The zero-order chi connectivity index (χ0) is 12.8. The minimum atomic E-state index is 0.571. The van der Waals surface area contributed by atoms with Crippen LogP contribution in [0.3, 0.4) is 0 Å². The van der Waals surface area contributed by atoms with E-state index in [1.165, 1.54) is 5.39 Å². The van der Waals surface area contributed by atoms with Crippen molar-refractivity contribution in [3.8, 4) is 6.07 Å². The smallest absolute Gasteiger partial charge is 0.0705 e. The van der Waals surface area contributed by atoms with E-state index in [-0.39, 0.29) is 0 Å². The SMILES string of the molecule is CCN(CCC#N)Cc1ccc2ccccc2n1. The Morgan fingerprint density at radius 1 is 1.22 bits per heavy atom. The number of benzene rings is 1. The van der Waals surface area contributed by atoms with Gasteiger partial charge in [-0.3, -0.25) is 9.88 Å². The number of nitriles is 1. The first kappa shape index (κ1) is 12.5. The predicted octanol–water partition coefficient (Wildman–Crippen LogP) is 2.97. The summed E-state index contributed by atoms with van der Waals surface area (Å²) in [4.78, 5) is 6.88. The molecule has 0 N–H and O–H groups in total. The van der Waals surface area contributed by atoms with Crippen molar-refractivity contribution in [2.75, 3.05) is 13.1 Å². The molecule has 1 aromatic heterocycles. The number of hydrogen-bond donors (Lipinski definition) is 0. The van der Waals surface area contributed by atoms with Crippen LogP contribution in [0.5, 0.6) is 0 Å². The lowest BCUT2D eigenvalue weighted by atomic mass is 10.2. The average molecular weight is 239 g/mol. The fourth-order valence-corrected chi connectivity index (χ4v) is 1.98. The molecule has 0 aliphatic heterocycles. The van der Waals surface area contributed by atoms with Crippen molar-refractivity contribution in [2.45, 2.75) is 19.9 Å². The second kappa shape index (κ2) is 6.13. The summed E-state index contributed by atoms with van der Waals surface area (Å²) in [6, 6.07) is 14.5. The second-order valence-corrected chi connectivity index (χ2v) is 4.27. The number of para-hydroxylation sites is 1. The highest BCUT2D eigenvalue weighted by molar-refractivity contribution is 5.78. The van der Waals surface area contributed by atoms with E-state index in [1.54, 1.807) is 0 Å². The molecule has 0 spiro atoms. The van der Waals surface area contributed by atoms with E-state index in [1.807, 2.05) is 18.2 Å². The van der Waals surface area contributed by atoms with Crippen molar-refractivity contribution >= 4 is 10.9 Å². The monoisotopic (exact) mass is 239 g/mol. The third-order valence-corrected chi connectivity index (χ3v) is 3.03. The average Bonchev–Trinajstić information content (AvgIpc) is 2.43. The van der Waals surface area contributed by atoms with Gasteiger partial charge in [0.1, 0.15) is 0 Å². The van der Waals surface area contributed by atoms with Crippen LogP contribution in [-0.2, 0) is 6.54 Å². The Kier molecular flexibility index (Phi) is 4.27. The van der Waals surface area contributed by atoms with Crippen molar-refractivity contribution in [3.05, 3.63) is 42.1 Å². The van der Waals surface area contributed by atoms with Crippen molar-refractivity contribution in [3.63, 3.8) is 0 Å². The van der Waals surface area contributed by atoms with Gasteiger partial charge in [0.25, 0.3) is 0 Å². The number of nitrogens with zero attached hydrogens (tertiary/aromatic N) is 3. The molecule has 0 radical (unpaired) electrons. The van der Waals surface area contributed by atoms with Crippen LogP contribution in [0, 0.1) is 11.3 Å². The van der Waals surface area contributed by atoms with Crippen LogP contribution in [0.2, 0.25) is 0 Å². The first-order chi connectivity index (χ1) is 8.83. The Morgan fingerprint density at radius 3 is 2.83 bits per heavy atom. The lowest BCUT2D eigenvalue weighted by Crippen LogP contribution is -2.24. The molecule has 0 unspecified atom stereocenters. The molecule has 92 valence electrons. The number of aromatic nitrogens is 1. The molecule has 2 rings (SSSR count). The molecule has 3 nitrogen and oxygen atoms in total. The van der Waals surface area contributed by atoms with Gasteiger partial charge in [0.15, 0.2) is 0 Å². The molecule has 18 heavy (non-hydrogen) atoms. The first-order valence-electron chi connectivity index (χ1n) is 6.27. The van der Waals surface area contributed by atoms with E-state index in [4.69, 9.17) is 5.26 Å². The molecular formula is C15H17N3. The molecule has 0 saturated heterocycles. The van der Waals surface area contributed by atoms with Gasteiger partial charge in [0, 0.05) is 24.9 Å². The Hall–Kier alpha value is -1.92. The molecule has 0 atom stereocenters. The molecule has 2 aromatic rings. The number of fused-ring (bicyclic) bond motifs is 1. The van der Waals surface area contributed by atoms with Gasteiger partial charge >= 0.3 is 0 Å². The van der Waals surface area contributed by atoms with Crippen LogP contribution in [0.25, 0.3) is 10.9 Å². The van der Waals surface area contributed by atoms with E-state index < -0.39 is 0 Å². The van der Waals surface area contributed by atoms with Gasteiger partial charge in [0.2, 0.25) is 0 Å². The maximum Gasteiger partial charge on any atom is 0.0705 e. The molecule has 1 heterocycles. The summed E-state index contributed by atoms with van der Waals surface area (Å²) in [7, 11) is 0. The number of pyridine rings is 1. The highest BCUT2D eigenvalue weighted by atomic mass is 15.1. The summed E-state index contributed by atoms with van der Waals surface area (Å²) in [6.07, 6.45) is 0.571. The minimum absolute atomic E-state index is 0.571. The predicted molar refractivity (Wildman–Crippen MR) is 72.9 cm³/mol. The number of hydrogen-bond acceptors (Lipinski definition) is 3. The van der Waals surface area contributed by atoms with Gasteiger partial charge in [-0.1, -0.05) is 31.2 Å². The van der Waals surface area contributed by atoms with Gasteiger partial charge < -0.3 is 0 Å². The van der Waals surface area contributed by atoms with Gasteiger partial charge in [0.05, 0.1) is 17.3 Å². The van der Waals surface area contributed by atoms with E-state index in [0.717, 1.165) is 30.8 Å². The van der Waals surface area contributed by atoms with Crippen molar-refractivity contribution in [1.29, 1.82) is 5.26 Å². The summed E-state index contributed by atoms with van der Waals surface area (Å²) >= 11 is 0. The quantitative estimate of drug-likeness (QED) is 0.805. The summed E-state index contributed by atoms with van der Waals surface area (Å²) < 4.78 is 0. The summed E-state index contributed by atoms with van der Waals surface area (Å²) in [5.74, 6) is 0. The summed E-state index contributed by atoms with van der Waals surface area (Å²) in [5.41, 5.74) is 2.10. The fourth-order valence-electron chi connectivity index (χ4n) is 1.98. The molecule has 1 aromatic carbocycles. The van der Waals surface area contributed by atoms with E-state index in [0.29, 0.717) is 6.42 Å². The highest BCUT2D eigenvalue weighted by Crippen LogP contribution is 2.13. The molecular weight excluding hydrogens is 222 g/mol. The zero-order valence-corrected chi connectivity index (χ0v) is 10.6. The normalized spacial score (nSPS) is 10.7. The molecule has 0 aliphatic rings. The van der Waals surface area contributed by atoms with E-state index in [2.05, 4.69) is 41.1 Å². The van der Waals surface area contributed by atoms with Crippen LogP contribution in [0.1, 0.15) is 19.0 Å². The van der Waals surface area contributed by atoms with E-state index in [9.17, 15) is 0 Å². The zero-order valence-electron chi connectivity index (χ0n) is 10.6. The van der Waals surface area contributed by atoms with Crippen LogP contribution >= 0.6 is 0 Å². The minimum Gasteiger partial charge on any atom is -0.297 e. The summed E-state index contributed by atoms with van der Waals surface area (Å²) in [6.45, 7) is 4.67. The maximum atomic E-state index is 8.63. The van der Waals surface area contributed by atoms with Gasteiger partial charge in [-0.15, -0.1) is 0 Å². The van der Waals surface area contributed by atoms with Crippen LogP contribution in [-0.4, -0.2) is 23.0 Å². The van der Waals surface area contributed by atoms with Crippen molar-refractivity contribution in [1.82, 2.24) is 9.88 Å². The third-order valence-electron chi connectivity index (χ3n) is 3.03. The Balaban J connectivity index is 2.13. The highest BCUT2D eigenvalue weighted by Gasteiger charge is 2.05. The molecule has 0 aliphatic carbocycles. The van der Waals surface area contributed by atoms with Gasteiger partial charge in [-0.05, 0) is 18.7 Å². The molecule has 0 bridgehead atoms. The fraction of sp³-hybridized carbons (Fsp3) is 0.333. The second-order valence-electron chi connectivity index (χ2n) is 4.27. The lowest BCUT2D eigenvalue weighted by molar-refractivity contribution is 0.283. The Bertz CT molecular complexity index is 557. The number of rotatable bonds is 5. The van der Waals surface area contributed by atoms with Crippen LogP contribution in [0.4, 0.5) is 0 Å². The van der Waals surface area contributed by atoms with Crippen molar-refractivity contribution < 1.29 is 0 Å². The van der Waals surface area contributed by atoms with Crippen LogP contribution in [0.15, 0.2) is 36.4 Å². The third kappa shape index (κ3) is 3.06. The standard InChI is InChI=1S/C15H17N3/c1-2-18(11-5-10-16)12-14-9-8-13-6-3-4-7-15(13)17-14/h3-4,6-9H,2,5,11-12H2,1H3. The summed E-state index contributed by atoms with van der Waals surface area (Å²) in [5, 5.41) is 9.79. The largest absolute Gasteiger partial charge is 0.297 e. The lowest BCUT2D eigenvalue weighted by Gasteiger charge is -2.18. The molecule has 0 amide bonds. The van der Waals surface area contributed by atoms with Gasteiger partial charge in [-0.2, -0.15) is 5.26 Å². The van der Waals surface area contributed by atoms with Crippen molar-refractivity contribution in [2.24, 2.45) is 0 Å². The van der Waals surface area contributed by atoms with Gasteiger partial charge in [-0.25, -0.2) is 0 Å².